The first kappa shape index (κ1) is 17.5. The average Bonchev–Trinajstić information content (AvgIpc) is 3.23. The van der Waals surface area contributed by atoms with E-state index in [1.807, 2.05) is 34.8 Å². The quantitative estimate of drug-likeness (QED) is 0.730. The van der Waals surface area contributed by atoms with Crippen LogP contribution in [0.4, 0.5) is 0 Å². The van der Waals surface area contributed by atoms with Crippen LogP contribution in [-0.2, 0) is 31.1 Å². The third-order valence-corrected chi connectivity index (χ3v) is 5.20. The van der Waals surface area contributed by atoms with E-state index in [4.69, 9.17) is 10.8 Å². The van der Waals surface area contributed by atoms with Crippen molar-refractivity contribution in [2.24, 2.45) is 12.8 Å². The Morgan fingerprint density at radius 1 is 1.26 bits per heavy atom. The Kier molecular flexibility index (Phi) is 4.77. The number of carbonyl (C=O) groups is 1. The lowest BCUT2D eigenvalue weighted by Gasteiger charge is -2.24. The minimum absolute atomic E-state index is 0.00775. The van der Waals surface area contributed by atoms with Gasteiger partial charge in [0, 0.05) is 61.7 Å². The van der Waals surface area contributed by atoms with Gasteiger partial charge in [0.1, 0.15) is 0 Å². The molecule has 3 heterocycles. The number of benzene rings is 1. The lowest BCUT2D eigenvalue weighted by Crippen LogP contribution is -2.46. The minimum Gasteiger partial charge on any atom is -0.348 e. The number of amides is 1. The van der Waals surface area contributed by atoms with Crippen molar-refractivity contribution in [2.75, 3.05) is 13.1 Å². The van der Waals surface area contributed by atoms with E-state index in [2.05, 4.69) is 22.1 Å². The van der Waals surface area contributed by atoms with E-state index in [0.29, 0.717) is 19.5 Å². The highest BCUT2D eigenvalue weighted by molar-refractivity contribution is 5.82. The molecule has 0 saturated carbocycles. The molecule has 1 aliphatic rings. The van der Waals surface area contributed by atoms with E-state index in [9.17, 15) is 4.79 Å². The highest BCUT2D eigenvalue weighted by atomic mass is 16.2. The highest BCUT2D eigenvalue weighted by Gasteiger charge is 2.27. The maximum absolute atomic E-state index is 12.8. The molecule has 0 radical (unpaired) electrons. The van der Waals surface area contributed by atoms with E-state index < -0.39 is 6.04 Å². The van der Waals surface area contributed by atoms with E-state index in [0.717, 1.165) is 29.8 Å². The largest absolute Gasteiger partial charge is 0.348 e. The molecule has 2 aromatic heterocycles. The van der Waals surface area contributed by atoms with Crippen LogP contribution in [-0.4, -0.2) is 49.7 Å². The van der Waals surface area contributed by atoms with Gasteiger partial charge in [0.15, 0.2) is 0 Å². The number of aryl methyl sites for hydroxylation is 1. The number of aromatic nitrogens is 4. The summed E-state index contributed by atoms with van der Waals surface area (Å²) in [6.45, 7) is 1.32. The van der Waals surface area contributed by atoms with Crippen LogP contribution in [0.5, 0.6) is 0 Å². The van der Waals surface area contributed by atoms with Crippen LogP contribution in [0.3, 0.4) is 0 Å². The molecule has 3 aromatic rings. The second-order valence-electron chi connectivity index (χ2n) is 6.98. The monoisotopic (exact) mass is 364 g/mol. The van der Waals surface area contributed by atoms with Crippen molar-refractivity contribution < 1.29 is 4.79 Å². The molecule has 0 fully saturated rings. The summed E-state index contributed by atoms with van der Waals surface area (Å²) in [4.78, 5) is 21.7. The maximum atomic E-state index is 12.8. The number of nitrogens with two attached hydrogens (primary N) is 1. The van der Waals surface area contributed by atoms with Gasteiger partial charge in [-0.25, -0.2) is 4.98 Å². The SMILES string of the molecule is Cn1nc(-c2ccccc2)c2c1CCN(C(=O)[C@@H](N)Cc1cnc[nH]1)CC2. The Hall–Kier alpha value is -2.93. The zero-order chi connectivity index (χ0) is 18.8. The second-order valence-corrected chi connectivity index (χ2v) is 6.98. The standard InChI is InChI=1S/C20H24N6O/c1-25-18-8-10-26(20(27)17(21)11-15-12-22-13-23-15)9-7-16(18)19(24-25)14-5-3-2-4-6-14/h2-6,12-13,17H,7-11,21H2,1H3,(H,22,23)/t17-/m0/s1. The number of imidazole rings is 1. The van der Waals surface area contributed by atoms with E-state index in [1.54, 1.807) is 12.5 Å². The Bertz CT molecular complexity index is 916. The van der Waals surface area contributed by atoms with Gasteiger partial charge in [0.25, 0.3) is 0 Å². The van der Waals surface area contributed by atoms with Crippen molar-refractivity contribution in [3.05, 3.63) is 59.8 Å². The molecular formula is C20H24N6O. The lowest BCUT2D eigenvalue weighted by molar-refractivity contribution is -0.132. The predicted molar refractivity (Wildman–Crippen MR) is 103 cm³/mol. The van der Waals surface area contributed by atoms with Crippen LogP contribution in [0.15, 0.2) is 42.9 Å². The molecule has 7 nitrogen and oxygen atoms in total. The maximum Gasteiger partial charge on any atom is 0.239 e. The summed E-state index contributed by atoms with van der Waals surface area (Å²) in [5, 5.41) is 4.74. The molecule has 140 valence electrons. The number of carbonyl (C=O) groups excluding carboxylic acids is 1. The summed E-state index contributed by atoms with van der Waals surface area (Å²) < 4.78 is 1.95. The van der Waals surface area contributed by atoms with Crippen molar-refractivity contribution in [1.29, 1.82) is 0 Å². The first-order valence-corrected chi connectivity index (χ1v) is 9.25. The van der Waals surface area contributed by atoms with Crippen molar-refractivity contribution in [2.45, 2.75) is 25.3 Å². The molecule has 0 aliphatic carbocycles. The number of aromatic amines is 1. The van der Waals surface area contributed by atoms with Crippen LogP contribution < -0.4 is 5.73 Å². The van der Waals surface area contributed by atoms with Gasteiger partial charge in [0.2, 0.25) is 5.91 Å². The smallest absolute Gasteiger partial charge is 0.239 e. The van der Waals surface area contributed by atoms with Crippen molar-refractivity contribution >= 4 is 5.91 Å². The zero-order valence-electron chi connectivity index (χ0n) is 15.4. The first-order valence-electron chi connectivity index (χ1n) is 9.25. The van der Waals surface area contributed by atoms with Gasteiger partial charge in [-0.3, -0.25) is 9.48 Å². The summed E-state index contributed by atoms with van der Waals surface area (Å²) in [5.74, 6) is -0.00775. The van der Waals surface area contributed by atoms with Gasteiger partial charge in [-0.05, 0) is 6.42 Å². The molecule has 0 spiro atoms. The third-order valence-electron chi connectivity index (χ3n) is 5.20. The summed E-state index contributed by atoms with van der Waals surface area (Å²) in [7, 11) is 1.98. The average molecular weight is 364 g/mol. The van der Waals surface area contributed by atoms with Gasteiger partial charge in [-0.2, -0.15) is 5.10 Å². The number of fused-ring (bicyclic) bond motifs is 1. The topological polar surface area (TPSA) is 92.8 Å². The molecule has 4 rings (SSSR count). The molecule has 0 unspecified atom stereocenters. The third kappa shape index (κ3) is 3.50. The van der Waals surface area contributed by atoms with Crippen LogP contribution in [0.1, 0.15) is 17.0 Å². The second kappa shape index (κ2) is 7.36. The van der Waals surface area contributed by atoms with E-state index >= 15 is 0 Å². The van der Waals surface area contributed by atoms with Crippen LogP contribution in [0.25, 0.3) is 11.3 Å². The Morgan fingerprint density at radius 3 is 2.78 bits per heavy atom. The van der Waals surface area contributed by atoms with Gasteiger partial charge in [-0.15, -0.1) is 0 Å². The Balaban J connectivity index is 1.51. The van der Waals surface area contributed by atoms with Crippen molar-refractivity contribution in [3.8, 4) is 11.3 Å². The van der Waals surface area contributed by atoms with Crippen LogP contribution >= 0.6 is 0 Å². The lowest BCUT2D eigenvalue weighted by atomic mass is 10.0. The molecule has 0 bridgehead atoms. The Morgan fingerprint density at radius 2 is 2.04 bits per heavy atom. The highest BCUT2D eigenvalue weighted by Crippen LogP contribution is 2.28. The number of hydrogen-bond acceptors (Lipinski definition) is 4. The summed E-state index contributed by atoms with van der Waals surface area (Å²) >= 11 is 0. The summed E-state index contributed by atoms with van der Waals surface area (Å²) in [6, 6.07) is 9.66. The number of hydrogen-bond donors (Lipinski definition) is 2. The molecular weight excluding hydrogens is 340 g/mol. The van der Waals surface area contributed by atoms with Crippen LogP contribution in [0, 0.1) is 0 Å². The van der Waals surface area contributed by atoms with Crippen molar-refractivity contribution in [1.82, 2.24) is 24.6 Å². The Labute approximate surface area is 158 Å². The fraction of sp³-hybridized carbons (Fsp3) is 0.350. The number of nitrogens with one attached hydrogen (secondary N) is 1. The number of H-pyrrole nitrogens is 1. The van der Waals surface area contributed by atoms with Crippen LogP contribution in [0.2, 0.25) is 0 Å². The van der Waals surface area contributed by atoms with Gasteiger partial charge in [-0.1, -0.05) is 30.3 Å². The molecule has 1 atom stereocenters. The van der Waals surface area contributed by atoms with Gasteiger partial charge < -0.3 is 15.6 Å². The minimum atomic E-state index is -0.557. The van der Waals surface area contributed by atoms with E-state index in [1.165, 1.54) is 11.3 Å². The molecule has 1 aromatic carbocycles. The fourth-order valence-electron chi connectivity index (χ4n) is 3.78. The molecule has 3 N–H and O–H groups in total. The molecule has 1 amide bonds. The molecule has 1 aliphatic heterocycles. The normalized spacial score (nSPS) is 15.3. The van der Waals surface area contributed by atoms with Crippen molar-refractivity contribution in [3.63, 3.8) is 0 Å². The zero-order valence-corrected chi connectivity index (χ0v) is 15.4. The number of rotatable bonds is 4. The van der Waals surface area contributed by atoms with E-state index in [-0.39, 0.29) is 5.91 Å². The predicted octanol–water partition coefficient (Wildman–Crippen LogP) is 1.31. The molecule has 27 heavy (non-hydrogen) atoms. The van der Waals surface area contributed by atoms with Gasteiger partial charge >= 0.3 is 0 Å². The molecule has 7 heteroatoms. The summed E-state index contributed by atoms with van der Waals surface area (Å²) in [5.41, 5.74) is 11.6. The first-order chi connectivity index (χ1) is 13.1. The molecule has 0 saturated heterocycles. The summed E-state index contributed by atoms with van der Waals surface area (Å²) in [6.07, 6.45) is 5.36. The number of nitrogens with zero attached hydrogens (tertiary/aromatic N) is 4. The van der Waals surface area contributed by atoms with Gasteiger partial charge in [0.05, 0.1) is 18.1 Å². The fourth-order valence-corrected chi connectivity index (χ4v) is 3.78.